The van der Waals surface area contributed by atoms with E-state index in [2.05, 4.69) is 0 Å². The van der Waals surface area contributed by atoms with E-state index in [0.717, 1.165) is 5.56 Å². The van der Waals surface area contributed by atoms with E-state index in [0.29, 0.717) is 18.8 Å². The molecular formula is C17H15FN2O3. The molecule has 2 amide bonds. The summed E-state index contributed by atoms with van der Waals surface area (Å²) >= 11 is 0. The number of carboxylic acid groups (broad SMARTS) is 1. The van der Waals surface area contributed by atoms with Crippen molar-refractivity contribution >= 4 is 23.4 Å². The van der Waals surface area contributed by atoms with Crippen LogP contribution in [0.2, 0.25) is 0 Å². The van der Waals surface area contributed by atoms with Crippen LogP contribution in [0.4, 0.5) is 20.6 Å². The van der Waals surface area contributed by atoms with Gasteiger partial charge in [-0.05, 0) is 42.8 Å². The summed E-state index contributed by atoms with van der Waals surface area (Å²) in [5.74, 6) is -1.51. The third-order valence-electron chi connectivity index (χ3n) is 3.81. The fourth-order valence-electron chi connectivity index (χ4n) is 2.64. The molecule has 1 saturated heterocycles. The van der Waals surface area contributed by atoms with E-state index >= 15 is 0 Å². The molecule has 0 saturated carbocycles. The fourth-order valence-corrected chi connectivity index (χ4v) is 2.64. The maximum Gasteiger partial charge on any atom is 0.335 e. The SMILES string of the molecule is Cc1ccc(F)c(N2CCN(c3cccc(C(=O)O)c3)C2=O)c1. The van der Waals surface area contributed by atoms with E-state index in [4.69, 9.17) is 5.11 Å². The van der Waals surface area contributed by atoms with Crippen LogP contribution in [-0.2, 0) is 0 Å². The van der Waals surface area contributed by atoms with Gasteiger partial charge in [-0.3, -0.25) is 9.80 Å². The largest absolute Gasteiger partial charge is 0.478 e. The van der Waals surface area contributed by atoms with Crippen molar-refractivity contribution in [2.45, 2.75) is 6.92 Å². The second-order valence-corrected chi connectivity index (χ2v) is 5.40. The number of aromatic carboxylic acids is 1. The Bertz CT molecular complexity index is 791. The Kier molecular flexibility index (Phi) is 3.73. The van der Waals surface area contributed by atoms with Gasteiger partial charge in [0.1, 0.15) is 5.82 Å². The number of hydrogen-bond donors (Lipinski definition) is 1. The number of hydrogen-bond acceptors (Lipinski definition) is 2. The van der Waals surface area contributed by atoms with Gasteiger partial charge in [-0.25, -0.2) is 14.0 Å². The molecule has 0 aliphatic carbocycles. The molecule has 5 nitrogen and oxygen atoms in total. The van der Waals surface area contributed by atoms with Crippen molar-refractivity contribution in [1.82, 2.24) is 0 Å². The molecule has 0 radical (unpaired) electrons. The van der Waals surface area contributed by atoms with Crippen molar-refractivity contribution in [3.63, 3.8) is 0 Å². The van der Waals surface area contributed by atoms with Crippen LogP contribution in [-0.4, -0.2) is 30.2 Å². The number of nitrogens with zero attached hydrogens (tertiary/aromatic N) is 2. The number of amides is 2. The summed E-state index contributed by atoms with van der Waals surface area (Å²) in [6, 6.07) is 10.4. The number of aryl methyl sites for hydroxylation is 1. The first-order valence-electron chi connectivity index (χ1n) is 7.16. The van der Waals surface area contributed by atoms with E-state index in [1.165, 1.54) is 28.0 Å². The normalized spacial score (nSPS) is 14.4. The summed E-state index contributed by atoms with van der Waals surface area (Å²) in [6.45, 7) is 2.55. The molecule has 23 heavy (non-hydrogen) atoms. The van der Waals surface area contributed by atoms with Crippen molar-refractivity contribution in [2.24, 2.45) is 0 Å². The molecule has 0 bridgehead atoms. The zero-order chi connectivity index (χ0) is 16.6. The average Bonchev–Trinajstić information content (AvgIpc) is 2.91. The van der Waals surface area contributed by atoms with Gasteiger partial charge in [-0.2, -0.15) is 0 Å². The van der Waals surface area contributed by atoms with Crippen LogP contribution < -0.4 is 9.80 Å². The van der Waals surface area contributed by atoms with E-state index < -0.39 is 11.8 Å². The zero-order valence-electron chi connectivity index (χ0n) is 12.5. The van der Waals surface area contributed by atoms with Crippen LogP contribution in [0.3, 0.4) is 0 Å². The second-order valence-electron chi connectivity index (χ2n) is 5.40. The topological polar surface area (TPSA) is 60.9 Å². The minimum atomic E-state index is -1.06. The highest BCUT2D eigenvalue weighted by molar-refractivity contribution is 6.06. The average molecular weight is 314 g/mol. The number of benzene rings is 2. The lowest BCUT2D eigenvalue weighted by Gasteiger charge is -2.19. The standard InChI is InChI=1S/C17H15FN2O3/c1-11-5-6-14(18)15(9-11)20-8-7-19(17(20)23)13-4-2-3-12(10-13)16(21)22/h2-6,9-10H,7-8H2,1H3,(H,21,22). The third kappa shape index (κ3) is 2.75. The van der Waals surface area contributed by atoms with Gasteiger partial charge in [0.25, 0.3) is 0 Å². The summed E-state index contributed by atoms with van der Waals surface area (Å²) in [7, 11) is 0. The number of urea groups is 1. The van der Waals surface area contributed by atoms with Crippen molar-refractivity contribution < 1.29 is 19.1 Å². The molecule has 1 N–H and O–H groups in total. The van der Waals surface area contributed by atoms with Gasteiger partial charge in [-0.1, -0.05) is 12.1 Å². The lowest BCUT2D eigenvalue weighted by Crippen LogP contribution is -2.32. The molecule has 0 atom stereocenters. The molecule has 118 valence electrons. The monoisotopic (exact) mass is 314 g/mol. The molecule has 1 fully saturated rings. The molecule has 1 aliphatic heterocycles. The molecule has 1 aliphatic rings. The van der Waals surface area contributed by atoms with E-state index in [1.54, 1.807) is 24.3 Å². The van der Waals surface area contributed by atoms with Crippen molar-refractivity contribution in [2.75, 3.05) is 22.9 Å². The smallest absolute Gasteiger partial charge is 0.335 e. The fraction of sp³-hybridized carbons (Fsp3) is 0.176. The number of carbonyl (C=O) groups excluding carboxylic acids is 1. The maximum absolute atomic E-state index is 14.0. The van der Waals surface area contributed by atoms with E-state index in [9.17, 15) is 14.0 Å². The van der Waals surface area contributed by atoms with Crippen LogP contribution in [0.5, 0.6) is 0 Å². The predicted molar refractivity (Wildman–Crippen MR) is 84.6 cm³/mol. The molecular weight excluding hydrogens is 299 g/mol. The number of rotatable bonds is 3. The Morgan fingerprint density at radius 1 is 1.13 bits per heavy atom. The number of carboxylic acids is 1. The minimum absolute atomic E-state index is 0.107. The molecule has 1 heterocycles. The van der Waals surface area contributed by atoms with Gasteiger partial charge < -0.3 is 5.11 Å². The Balaban J connectivity index is 1.91. The van der Waals surface area contributed by atoms with Gasteiger partial charge in [0.2, 0.25) is 0 Å². The highest BCUT2D eigenvalue weighted by Crippen LogP contribution is 2.28. The summed E-state index contributed by atoms with van der Waals surface area (Å²) in [4.78, 5) is 26.5. The molecule has 2 aromatic rings. The zero-order valence-corrected chi connectivity index (χ0v) is 12.5. The summed E-state index contributed by atoms with van der Waals surface area (Å²) in [5, 5.41) is 9.05. The van der Waals surface area contributed by atoms with Gasteiger partial charge in [0.15, 0.2) is 0 Å². The molecule has 6 heteroatoms. The van der Waals surface area contributed by atoms with E-state index in [-0.39, 0.29) is 17.3 Å². The van der Waals surface area contributed by atoms with Crippen molar-refractivity contribution in [3.05, 3.63) is 59.4 Å². The predicted octanol–water partition coefficient (Wildman–Crippen LogP) is 3.28. The first-order chi connectivity index (χ1) is 11.0. The second kappa shape index (κ2) is 5.72. The minimum Gasteiger partial charge on any atom is -0.478 e. The van der Waals surface area contributed by atoms with Crippen LogP contribution in [0, 0.1) is 12.7 Å². The van der Waals surface area contributed by atoms with Gasteiger partial charge in [0, 0.05) is 18.8 Å². The first kappa shape index (κ1) is 15.0. The van der Waals surface area contributed by atoms with Crippen LogP contribution in [0.15, 0.2) is 42.5 Å². The third-order valence-corrected chi connectivity index (χ3v) is 3.81. The van der Waals surface area contributed by atoms with Crippen molar-refractivity contribution in [3.8, 4) is 0 Å². The first-order valence-corrected chi connectivity index (χ1v) is 7.16. The maximum atomic E-state index is 14.0. The van der Waals surface area contributed by atoms with Gasteiger partial charge in [-0.15, -0.1) is 0 Å². The molecule has 0 unspecified atom stereocenters. The highest BCUT2D eigenvalue weighted by atomic mass is 19.1. The Hall–Kier alpha value is -2.89. The Morgan fingerprint density at radius 2 is 1.87 bits per heavy atom. The summed E-state index contributed by atoms with van der Waals surface area (Å²) in [5.41, 5.74) is 1.70. The van der Waals surface area contributed by atoms with Crippen LogP contribution in [0.25, 0.3) is 0 Å². The Labute approximate surface area is 132 Å². The van der Waals surface area contributed by atoms with Crippen LogP contribution in [0.1, 0.15) is 15.9 Å². The molecule has 2 aromatic carbocycles. The molecule has 3 rings (SSSR count). The molecule has 0 spiro atoms. The number of carbonyl (C=O) groups is 2. The lowest BCUT2D eigenvalue weighted by atomic mass is 10.2. The van der Waals surface area contributed by atoms with Gasteiger partial charge in [0.05, 0.1) is 11.3 Å². The van der Waals surface area contributed by atoms with Crippen LogP contribution >= 0.6 is 0 Å². The molecule has 0 aromatic heterocycles. The van der Waals surface area contributed by atoms with Gasteiger partial charge >= 0.3 is 12.0 Å². The van der Waals surface area contributed by atoms with Crippen molar-refractivity contribution in [1.29, 1.82) is 0 Å². The summed E-state index contributed by atoms with van der Waals surface area (Å²) in [6.07, 6.45) is 0. The highest BCUT2D eigenvalue weighted by Gasteiger charge is 2.32. The van der Waals surface area contributed by atoms with E-state index in [1.807, 2.05) is 6.92 Å². The Morgan fingerprint density at radius 3 is 2.61 bits per heavy atom. The lowest BCUT2D eigenvalue weighted by molar-refractivity contribution is 0.0697. The number of anilines is 2. The quantitative estimate of drug-likeness (QED) is 0.946. The summed E-state index contributed by atoms with van der Waals surface area (Å²) < 4.78 is 14.0. The number of halogens is 1.